The third kappa shape index (κ3) is 22.8. The summed E-state index contributed by atoms with van der Waals surface area (Å²) < 4.78 is 29.9. The number of unbranched alkanes of at least 4 members (excludes halogenated alkanes) is 18. The predicted octanol–water partition coefficient (Wildman–Crippen LogP) is 11.5. The molecule has 0 saturated carbocycles. The Hall–Kier alpha value is -1.69. The molecular weight excluding hydrogens is 563 g/mol. The summed E-state index contributed by atoms with van der Waals surface area (Å²) in [4.78, 5) is 0.238. The summed E-state index contributed by atoms with van der Waals surface area (Å²) in [6.45, 7) is 7.26. The highest BCUT2D eigenvalue weighted by atomic mass is 32.2. The Morgan fingerprint density at radius 3 is 1.36 bits per heavy atom. The molecule has 0 aliphatic heterocycles. The van der Waals surface area contributed by atoms with E-state index in [-0.39, 0.29) is 11.5 Å². The highest BCUT2D eigenvalue weighted by Crippen LogP contribution is 2.15. The van der Waals surface area contributed by atoms with E-state index in [1.807, 2.05) is 0 Å². The molecule has 2 aromatic rings. The van der Waals surface area contributed by atoms with Gasteiger partial charge in [-0.25, -0.2) is 0 Å². The number of nitrogens with zero attached hydrogens (tertiary/aromatic N) is 1. The highest BCUT2D eigenvalue weighted by molar-refractivity contribution is 7.86. The summed E-state index contributed by atoms with van der Waals surface area (Å²) in [5.74, 6) is 0. The van der Waals surface area contributed by atoms with Gasteiger partial charge in [0.05, 0.1) is 32.1 Å². The van der Waals surface area contributed by atoms with Crippen molar-refractivity contribution in [1.29, 1.82) is 0 Å². The van der Waals surface area contributed by atoms with E-state index in [0.717, 1.165) is 23.9 Å². The van der Waals surface area contributed by atoms with Crippen LogP contribution in [0.4, 0.5) is 0 Å². The van der Waals surface area contributed by atoms with Gasteiger partial charge in [-0.3, -0.25) is 4.18 Å². The molecule has 0 fully saturated rings. The molecule has 252 valence electrons. The molecule has 0 aromatic heterocycles. The van der Waals surface area contributed by atoms with Gasteiger partial charge >= 0.3 is 0 Å². The summed E-state index contributed by atoms with van der Waals surface area (Å²) in [7, 11) is 1.15. The highest BCUT2D eigenvalue weighted by Gasteiger charge is 2.15. The minimum Gasteiger partial charge on any atom is -0.325 e. The molecule has 5 heteroatoms. The van der Waals surface area contributed by atoms with E-state index in [1.165, 1.54) is 128 Å². The molecule has 0 spiro atoms. The molecule has 4 nitrogen and oxygen atoms in total. The Morgan fingerprint density at radius 1 is 0.523 bits per heavy atom. The molecule has 0 aliphatic carbocycles. The Bertz CT molecular complexity index is 993. The van der Waals surface area contributed by atoms with Gasteiger partial charge in [-0.15, -0.1) is 0 Å². The summed E-state index contributed by atoms with van der Waals surface area (Å²) in [6.07, 6.45) is 26.5. The lowest BCUT2D eigenvalue weighted by atomic mass is 10.1. The van der Waals surface area contributed by atoms with Gasteiger partial charge in [0, 0.05) is 5.56 Å². The Balaban J connectivity index is 0.000000440. The summed E-state index contributed by atoms with van der Waals surface area (Å²) >= 11 is 0. The average molecular weight is 631 g/mol. The van der Waals surface area contributed by atoms with Crippen LogP contribution in [-0.2, 0) is 20.8 Å². The molecule has 0 N–H and O–H groups in total. The standard InChI is InChI=1S/C21H38N.C18H30O3S/c1-4-5-6-7-8-9-10-11-12-16-19-22(2,3)20-21-17-14-13-15-18-21;1-2-3-4-5-6-7-8-9-10-14-17-21-22(19,20)18-15-12-11-13-16-18/h13-15,17-18H,4-12,16,19-20H2,1-3H3;11-13,15-16H,2-10,14,17H2,1H3/q+1;. The molecule has 0 aliphatic rings. The maximum Gasteiger partial charge on any atom is 0.296 e. The molecule has 0 heterocycles. The van der Waals surface area contributed by atoms with Crippen molar-refractivity contribution in [3.05, 3.63) is 66.2 Å². The van der Waals surface area contributed by atoms with E-state index < -0.39 is 10.1 Å². The van der Waals surface area contributed by atoms with E-state index in [4.69, 9.17) is 4.18 Å². The second kappa shape index (κ2) is 26.5. The fraction of sp³-hybridized carbons (Fsp3) is 0.692. The molecule has 0 bridgehead atoms. The molecule has 2 aromatic carbocycles. The van der Waals surface area contributed by atoms with Gasteiger partial charge in [0.1, 0.15) is 6.54 Å². The van der Waals surface area contributed by atoms with Crippen LogP contribution in [0.5, 0.6) is 0 Å². The smallest absolute Gasteiger partial charge is 0.296 e. The fourth-order valence-electron chi connectivity index (χ4n) is 5.60. The topological polar surface area (TPSA) is 43.4 Å². The van der Waals surface area contributed by atoms with Crippen LogP contribution in [0.2, 0.25) is 0 Å². The zero-order chi connectivity index (χ0) is 32.2. The molecule has 44 heavy (non-hydrogen) atoms. The number of hydrogen-bond donors (Lipinski definition) is 0. The van der Waals surface area contributed by atoms with Gasteiger partial charge in [-0.2, -0.15) is 8.42 Å². The van der Waals surface area contributed by atoms with Crippen LogP contribution in [0, 0.1) is 0 Å². The molecule has 0 saturated heterocycles. The van der Waals surface area contributed by atoms with Crippen LogP contribution in [0.3, 0.4) is 0 Å². The van der Waals surface area contributed by atoms with Crippen LogP contribution in [0.15, 0.2) is 65.6 Å². The van der Waals surface area contributed by atoms with Gasteiger partial charge in [0.15, 0.2) is 0 Å². The summed E-state index contributed by atoms with van der Waals surface area (Å²) in [5.41, 5.74) is 1.46. The zero-order valence-electron chi connectivity index (χ0n) is 29.1. The molecule has 0 unspecified atom stereocenters. The Labute approximate surface area is 273 Å². The van der Waals surface area contributed by atoms with Crippen LogP contribution in [-0.4, -0.2) is 40.1 Å². The largest absolute Gasteiger partial charge is 0.325 e. The van der Waals surface area contributed by atoms with Crippen molar-refractivity contribution in [2.24, 2.45) is 0 Å². The van der Waals surface area contributed by atoms with Crippen molar-refractivity contribution < 1.29 is 17.1 Å². The van der Waals surface area contributed by atoms with E-state index >= 15 is 0 Å². The van der Waals surface area contributed by atoms with Crippen LogP contribution < -0.4 is 0 Å². The molecule has 0 atom stereocenters. The molecule has 2 rings (SSSR count). The van der Waals surface area contributed by atoms with Gasteiger partial charge < -0.3 is 4.48 Å². The second-order valence-electron chi connectivity index (χ2n) is 13.3. The molecule has 0 amide bonds. The first-order valence-corrected chi connectivity index (χ1v) is 19.5. The van der Waals surface area contributed by atoms with E-state index in [9.17, 15) is 8.42 Å². The van der Waals surface area contributed by atoms with Crippen LogP contribution in [0.25, 0.3) is 0 Å². The number of quaternary nitrogens is 1. The summed E-state index contributed by atoms with van der Waals surface area (Å²) in [5, 5.41) is 0. The maximum atomic E-state index is 11.9. The minimum absolute atomic E-state index is 0.238. The number of rotatable bonds is 26. The van der Waals surface area contributed by atoms with Crippen molar-refractivity contribution in [3.8, 4) is 0 Å². The first-order chi connectivity index (χ1) is 21.3. The zero-order valence-corrected chi connectivity index (χ0v) is 29.9. The van der Waals surface area contributed by atoms with Gasteiger partial charge in [-0.05, 0) is 31.4 Å². The predicted molar refractivity (Wildman–Crippen MR) is 190 cm³/mol. The van der Waals surface area contributed by atoms with E-state index in [2.05, 4.69) is 58.3 Å². The lowest BCUT2D eigenvalue weighted by Gasteiger charge is -2.30. The third-order valence-electron chi connectivity index (χ3n) is 8.34. The van der Waals surface area contributed by atoms with Crippen LogP contribution in [0.1, 0.15) is 148 Å². The van der Waals surface area contributed by atoms with Crippen molar-refractivity contribution in [1.82, 2.24) is 0 Å². The lowest BCUT2D eigenvalue weighted by Crippen LogP contribution is -2.39. The SMILES string of the molecule is CCCCCCCCCCCCOS(=O)(=O)c1ccccc1.CCCCCCCCCCCC[N+](C)(C)Cc1ccccc1. The maximum absolute atomic E-state index is 11.9. The normalized spacial score (nSPS) is 11.7. The monoisotopic (exact) mass is 630 g/mol. The van der Waals surface area contributed by atoms with Gasteiger partial charge in [0.2, 0.25) is 0 Å². The van der Waals surface area contributed by atoms with Crippen molar-refractivity contribution in [3.63, 3.8) is 0 Å². The first-order valence-electron chi connectivity index (χ1n) is 18.1. The number of benzene rings is 2. The second-order valence-corrected chi connectivity index (χ2v) is 14.9. The van der Waals surface area contributed by atoms with Crippen molar-refractivity contribution in [2.75, 3.05) is 27.2 Å². The number of hydrogen-bond acceptors (Lipinski definition) is 3. The van der Waals surface area contributed by atoms with Gasteiger partial charge in [-0.1, -0.05) is 172 Å². The molecule has 0 radical (unpaired) electrons. The minimum atomic E-state index is -3.57. The Morgan fingerprint density at radius 2 is 0.909 bits per heavy atom. The van der Waals surface area contributed by atoms with E-state index in [1.54, 1.807) is 30.3 Å². The summed E-state index contributed by atoms with van der Waals surface area (Å²) in [6, 6.07) is 19.2. The fourth-order valence-corrected chi connectivity index (χ4v) is 6.56. The third-order valence-corrected chi connectivity index (χ3v) is 9.67. The Kier molecular flexibility index (Phi) is 24.3. The van der Waals surface area contributed by atoms with E-state index in [0.29, 0.717) is 0 Å². The quantitative estimate of drug-likeness (QED) is 0.0590. The van der Waals surface area contributed by atoms with Crippen LogP contribution >= 0.6 is 0 Å². The van der Waals surface area contributed by atoms with Crippen molar-refractivity contribution in [2.45, 2.75) is 154 Å². The average Bonchev–Trinajstić information content (AvgIpc) is 3.02. The van der Waals surface area contributed by atoms with Crippen molar-refractivity contribution >= 4 is 10.1 Å². The lowest BCUT2D eigenvalue weighted by molar-refractivity contribution is -0.903. The van der Waals surface area contributed by atoms with Gasteiger partial charge in [0.25, 0.3) is 10.1 Å². The first kappa shape index (κ1) is 40.3. The molecular formula is C39H68NO3S+.